The van der Waals surface area contributed by atoms with Crippen LogP contribution < -0.4 is 4.90 Å². The van der Waals surface area contributed by atoms with E-state index in [1.807, 2.05) is 32.9 Å². The zero-order valence-corrected chi connectivity index (χ0v) is 13.2. The van der Waals surface area contributed by atoms with Crippen LogP contribution in [0.2, 0.25) is 0 Å². The van der Waals surface area contributed by atoms with Gasteiger partial charge in [0.05, 0.1) is 5.60 Å². The lowest BCUT2D eigenvalue weighted by molar-refractivity contribution is 0.0449. The summed E-state index contributed by atoms with van der Waals surface area (Å²) < 4.78 is 0. The standard InChI is InChI=1S/C16H25N3O2/c1-4-18(5-2)15(20)14-11-13(7-9-17-14)19-10-6-8-16(3,21)12-19/h7,9,11,21H,4-6,8,10,12H2,1-3H3. The van der Waals surface area contributed by atoms with Crippen LogP contribution in [0, 0.1) is 0 Å². The molecule has 1 unspecified atom stereocenters. The summed E-state index contributed by atoms with van der Waals surface area (Å²) in [4.78, 5) is 20.5. The summed E-state index contributed by atoms with van der Waals surface area (Å²) in [5.74, 6) is -0.0365. The molecule has 21 heavy (non-hydrogen) atoms. The maximum absolute atomic E-state index is 12.4. The van der Waals surface area contributed by atoms with Gasteiger partial charge < -0.3 is 14.9 Å². The molecule has 2 rings (SSSR count). The molecule has 1 fully saturated rings. The first-order chi connectivity index (χ1) is 9.96. The van der Waals surface area contributed by atoms with Gasteiger partial charge in [0.25, 0.3) is 5.91 Å². The molecule has 1 aliphatic heterocycles. The summed E-state index contributed by atoms with van der Waals surface area (Å²) in [6.07, 6.45) is 3.45. The number of carbonyl (C=O) groups excluding carboxylic acids is 1. The Balaban J connectivity index is 2.19. The number of carbonyl (C=O) groups is 1. The number of rotatable bonds is 4. The maximum Gasteiger partial charge on any atom is 0.272 e. The minimum Gasteiger partial charge on any atom is -0.388 e. The molecule has 5 nitrogen and oxygen atoms in total. The van der Waals surface area contributed by atoms with Crippen LogP contribution in [-0.2, 0) is 0 Å². The van der Waals surface area contributed by atoms with E-state index in [2.05, 4.69) is 9.88 Å². The summed E-state index contributed by atoms with van der Waals surface area (Å²) >= 11 is 0. The van der Waals surface area contributed by atoms with Crippen molar-refractivity contribution in [3.8, 4) is 0 Å². The molecular formula is C16H25N3O2. The Morgan fingerprint density at radius 2 is 2.19 bits per heavy atom. The van der Waals surface area contributed by atoms with E-state index in [1.54, 1.807) is 11.1 Å². The van der Waals surface area contributed by atoms with Crippen LogP contribution in [-0.4, -0.2) is 52.7 Å². The van der Waals surface area contributed by atoms with E-state index in [1.165, 1.54) is 0 Å². The summed E-state index contributed by atoms with van der Waals surface area (Å²) in [7, 11) is 0. The van der Waals surface area contributed by atoms with Crippen LogP contribution in [0.25, 0.3) is 0 Å². The number of piperidine rings is 1. The van der Waals surface area contributed by atoms with Gasteiger partial charge in [0.1, 0.15) is 5.69 Å². The minimum atomic E-state index is -0.662. The van der Waals surface area contributed by atoms with Gasteiger partial charge in [-0.25, -0.2) is 0 Å². The SMILES string of the molecule is CCN(CC)C(=O)c1cc(N2CCCC(C)(O)C2)ccn1. The number of aromatic nitrogens is 1. The van der Waals surface area contributed by atoms with Crippen molar-refractivity contribution in [2.75, 3.05) is 31.1 Å². The first-order valence-corrected chi connectivity index (χ1v) is 7.69. The molecule has 0 spiro atoms. The molecule has 2 heterocycles. The smallest absolute Gasteiger partial charge is 0.272 e. The third kappa shape index (κ3) is 3.73. The van der Waals surface area contributed by atoms with Gasteiger partial charge in [0.2, 0.25) is 0 Å². The molecule has 1 N–H and O–H groups in total. The molecule has 0 bridgehead atoms. The number of aliphatic hydroxyl groups is 1. The first kappa shape index (κ1) is 15.8. The molecule has 0 saturated carbocycles. The molecule has 1 aromatic heterocycles. The van der Waals surface area contributed by atoms with Crippen molar-refractivity contribution in [1.29, 1.82) is 0 Å². The van der Waals surface area contributed by atoms with E-state index >= 15 is 0 Å². The maximum atomic E-state index is 12.4. The molecular weight excluding hydrogens is 266 g/mol. The molecule has 0 aliphatic carbocycles. The van der Waals surface area contributed by atoms with E-state index in [0.717, 1.165) is 25.1 Å². The number of pyridine rings is 1. The third-order valence-electron chi connectivity index (χ3n) is 4.05. The van der Waals surface area contributed by atoms with E-state index in [-0.39, 0.29) is 5.91 Å². The van der Waals surface area contributed by atoms with Gasteiger partial charge in [-0.3, -0.25) is 9.78 Å². The predicted octanol–water partition coefficient (Wildman–Crippen LogP) is 1.91. The lowest BCUT2D eigenvalue weighted by Gasteiger charge is -2.38. The zero-order valence-electron chi connectivity index (χ0n) is 13.2. The second kappa shape index (κ2) is 6.43. The monoisotopic (exact) mass is 291 g/mol. The largest absolute Gasteiger partial charge is 0.388 e. The Bertz CT molecular complexity index is 498. The van der Waals surface area contributed by atoms with Crippen molar-refractivity contribution in [1.82, 2.24) is 9.88 Å². The number of β-amino-alcohol motifs (C(OH)–C–C–N with tert-alkyl or cyclic N) is 1. The van der Waals surface area contributed by atoms with Crippen molar-refractivity contribution in [2.45, 2.75) is 39.2 Å². The van der Waals surface area contributed by atoms with Crippen LogP contribution >= 0.6 is 0 Å². The molecule has 1 aromatic rings. The van der Waals surface area contributed by atoms with Gasteiger partial charge in [0.15, 0.2) is 0 Å². The average molecular weight is 291 g/mol. The Kier molecular flexibility index (Phi) is 4.83. The minimum absolute atomic E-state index is 0.0365. The van der Waals surface area contributed by atoms with Gasteiger partial charge in [0, 0.05) is 38.1 Å². The van der Waals surface area contributed by atoms with Gasteiger partial charge in [-0.05, 0) is 45.7 Å². The second-order valence-corrected chi connectivity index (χ2v) is 5.90. The Hall–Kier alpha value is -1.62. The quantitative estimate of drug-likeness (QED) is 0.921. The van der Waals surface area contributed by atoms with Crippen molar-refractivity contribution < 1.29 is 9.90 Å². The van der Waals surface area contributed by atoms with Gasteiger partial charge in [-0.15, -0.1) is 0 Å². The zero-order chi connectivity index (χ0) is 15.5. The highest BCUT2D eigenvalue weighted by atomic mass is 16.3. The fraction of sp³-hybridized carbons (Fsp3) is 0.625. The van der Waals surface area contributed by atoms with Crippen molar-refractivity contribution in [3.63, 3.8) is 0 Å². The molecule has 1 aliphatic rings. The first-order valence-electron chi connectivity index (χ1n) is 7.69. The lowest BCUT2D eigenvalue weighted by atomic mass is 9.95. The number of anilines is 1. The fourth-order valence-corrected chi connectivity index (χ4v) is 2.85. The van der Waals surface area contributed by atoms with Crippen molar-refractivity contribution >= 4 is 11.6 Å². The molecule has 1 atom stereocenters. The van der Waals surface area contributed by atoms with E-state index in [4.69, 9.17) is 0 Å². The Labute approximate surface area is 126 Å². The summed E-state index contributed by atoms with van der Waals surface area (Å²) in [6.45, 7) is 8.65. The average Bonchev–Trinajstić information content (AvgIpc) is 2.47. The Morgan fingerprint density at radius 3 is 2.81 bits per heavy atom. The van der Waals surface area contributed by atoms with Crippen LogP contribution in [0.3, 0.4) is 0 Å². The highest BCUT2D eigenvalue weighted by Gasteiger charge is 2.28. The van der Waals surface area contributed by atoms with E-state index in [0.29, 0.717) is 25.3 Å². The number of hydrogen-bond acceptors (Lipinski definition) is 4. The normalized spacial score (nSPS) is 22.2. The topological polar surface area (TPSA) is 56.7 Å². The third-order valence-corrected chi connectivity index (χ3v) is 4.05. The lowest BCUT2D eigenvalue weighted by Crippen LogP contribution is -2.46. The Morgan fingerprint density at radius 1 is 1.48 bits per heavy atom. The second-order valence-electron chi connectivity index (χ2n) is 5.90. The molecule has 5 heteroatoms. The summed E-state index contributed by atoms with van der Waals surface area (Å²) in [6, 6.07) is 3.74. The van der Waals surface area contributed by atoms with E-state index in [9.17, 15) is 9.90 Å². The van der Waals surface area contributed by atoms with Crippen LogP contribution in [0.15, 0.2) is 18.3 Å². The van der Waals surface area contributed by atoms with Gasteiger partial charge in [-0.2, -0.15) is 0 Å². The highest BCUT2D eigenvalue weighted by molar-refractivity contribution is 5.93. The molecule has 1 saturated heterocycles. The van der Waals surface area contributed by atoms with Crippen LogP contribution in [0.5, 0.6) is 0 Å². The molecule has 1 amide bonds. The van der Waals surface area contributed by atoms with Crippen molar-refractivity contribution in [3.05, 3.63) is 24.0 Å². The van der Waals surface area contributed by atoms with Crippen molar-refractivity contribution in [2.24, 2.45) is 0 Å². The predicted molar refractivity (Wildman–Crippen MR) is 83.6 cm³/mol. The van der Waals surface area contributed by atoms with Crippen LogP contribution in [0.4, 0.5) is 5.69 Å². The fourth-order valence-electron chi connectivity index (χ4n) is 2.85. The van der Waals surface area contributed by atoms with Crippen LogP contribution in [0.1, 0.15) is 44.1 Å². The molecule has 116 valence electrons. The molecule has 0 radical (unpaired) electrons. The number of nitrogens with zero attached hydrogens (tertiary/aromatic N) is 3. The van der Waals surface area contributed by atoms with E-state index < -0.39 is 5.60 Å². The van der Waals surface area contributed by atoms with Gasteiger partial charge in [-0.1, -0.05) is 0 Å². The highest BCUT2D eigenvalue weighted by Crippen LogP contribution is 2.25. The number of hydrogen-bond donors (Lipinski definition) is 1. The summed E-state index contributed by atoms with van der Waals surface area (Å²) in [5.41, 5.74) is 0.770. The molecule has 0 aromatic carbocycles. The number of amides is 1. The summed E-state index contributed by atoms with van der Waals surface area (Å²) in [5, 5.41) is 10.2. The van der Waals surface area contributed by atoms with Gasteiger partial charge >= 0.3 is 0 Å².